The molecule has 3 rings (SSSR count). The van der Waals surface area contributed by atoms with Crippen molar-refractivity contribution < 1.29 is 18.5 Å². The third-order valence-corrected chi connectivity index (χ3v) is 7.49. The number of hydrogen-bond donors (Lipinski definition) is 1. The first-order chi connectivity index (χ1) is 13.9. The Bertz CT molecular complexity index is 1070. The van der Waals surface area contributed by atoms with Crippen molar-refractivity contribution in [3.8, 4) is 5.75 Å². The van der Waals surface area contributed by atoms with Crippen LogP contribution in [0.25, 0.3) is 0 Å². The van der Waals surface area contributed by atoms with Gasteiger partial charge in [-0.1, -0.05) is 18.0 Å². The summed E-state index contributed by atoms with van der Waals surface area (Å²) in [6, 6.07) is 3.06. The van der Waals surface area contributed by atoms with Crippen LogP contribution in [-0.4, -0.2) is 51.6 Å². The number of ketones is 1. The van der Waals surface area contributed by atoms with E-state index >= 15 is 0 Å². The number of rotatable bonds is 7. The van der Waals surface area contributed by atoms with E-state index in [9.17, 15) is 13.8 Å². The van der Waals surface area contributed by atoms with E-state index in [0.29, 0.717) is 23.9 Å². The van der Waals surface area contributed by atoms with E-state index in [1.165, 1.54) is 24.0 Å². The number of nitrogens with one attached hydrogen (secondary N) is 1. The minimum absolute atomic E-state index is 0.0291. The third-order valence-electron chi connectivity index (χ3n) is 4.74. The molecule has 1 aromatic carbocycles. The SMILES string of the molecule is COCCOc1ccc(C(=O)c2c[nH]n(C)c2=O)c(Cl)c1N=S1(=O)CCCCC1. The second-order valence-electron chi connectivity index (χ2n) is 6.83. The van der Waals surface area contributed by atoms with Gasteiger partial charge < -0.3 is 14.6 Å². The van der Waals surface area contributed by atoms with Crippen LogP contribution in [0.3, 0.4) is 0 Å². The molecule has 0 unspecified atom stereocenters. The quantitative estimate of drug-likeness (QED) is 0.525. The Morgan fingerprint density at radius 3 is 2.59 bits per heavy atom. The topological polar surface area (TPSA) is 103 Å². The fourth-order valence-electron chi connectivity index (χ4n) is 3.12. The number of hydrogen-bond acceptors (Lipinski definition) is 6. The van der Waals surface area contributed by atoms with E-state index in [1.807, 2.05) is 0 Å². The molecule has 1 saturated heterocycles. The molecule has 1 aliphatic heterocycles. The van der Waals surface area contributed by atoms with Crippen LogP contribution in [0.4, 0.5) is 5.69 Å². The van der Waals surface area contributed by atoms with E-state index in [0.717, 1.165) is 19.3 Å². The lowest BCUT2D eigenvalue weighted by molar-refractivity contribution is 0.103. The maximum absolute atomic E-state index is 13.2. The van der Waals surface area contributed by atoms with Gasteiger partial charge in [-0.25, -0.2) is 4.21 Å². The van der Waals surface area contributed by atoms with Gasteiger partial charge in [0.25, 0.3) is 5.56 Å². The van der Waals surface area contributed by atoms with Crippen LogP contribution in [0.15, 0.2) is 27.5 Å². The Labute approximate surface area is 174 Å². The molecule has 1 N–H and O–H groups in total. The number of aromatic nitrogens is 2. The maximum atomic E-state index is 13.2. The summed E-state index contributed by atoms with van der Waals surface area (Å²) in [5.74, 6) is 0.767. The van der Waals surface area contributed by atoms with Crippen LogP contribution < -0.4 is 10.3 Å². The van der Waals surface area contributed by atoms with Crippen LogP contribution in [0.2, 0.25) is 5.02 Å². The summed E-state index contributed by atoms with van der Waals surface area (Å²) < 4.78 is 29.6. The molecule has 2 aromatic rings. The van der Waals surface area contributed by atoms with Gasteiger partial charge in [-0.2, -0.15) is 4.36 Å². The highest BCUT2D eigenvalue weighted by Gasteiger charge is 2.24. The fourth-order valence-corrected chi connectivity index (χ4v) is 5.67. The number of halogens is 1. The van der Waals surface area contributed by atoms with Gasteiger partial charge in [0, 0.05) is 37.4 Å². The second kappa shape index (κ2) is 9.15. The Hall–Kier alpha value is -2.10. The Morgan fingerprint density at radius 1 is 1.24 bits per heavy atom. The average Bonchev–Trinajstić information content (AvgIpc) is 3.03. The molecule has 0 bridgehead atoms. The number of carbonyl (C=O) groups is 1. The Kier molecular flexibility index (Phi) is 6.81. The number of ether oxygens (including phenoxy) is 2. The summed E-state index contributed by atoms with van der Waals surface area (Å²) in [4.78, 5) is 25.1. The number of aryl methyl sites for hydroxylation is 1. The zero-order chi connectivity index (χ0) is 21.0. The first-order valence-electron chi connectivity index (χ1n) is 9.32. The Balaban J connectivity index is 2.09. The Morgan fingerprint density at radius 2 is 1.97 bits per heavy atom. The molecule has 0 amide bonds. The molecule has 29 heavy (non-hydrogen) atoms. The van der Waals surface area contributed by atoms with Gasteiger partial charge in [0.2, 0.25) is 5.78 Å². The van der Waals surface area contributed by atoms with Crippen molar-refractivity contribution in [3.63, 3.8) is 0 Å². The molecular formula is C19H24ClN3O5S. The highest BCUT2D eigenvalue weighted by Crippen LogP contribution is 2.40. The van der Waals surface area contributed by atoms with Crippen LogP contribution in [0.5, 0.6) is 5.75 Å². The lowest BCUT2D eigenvalue weighted by Gasteiger charge is -2.18. The van der Waals surface area contributed by atoms with Crippen molar-refractivity contribution >= 4 is 32.8 Å². The van der Waals surface area contributed by atoms with Crippen LogP contribution >= 0.6 is 11.6 Å². The molecule has 2 heterocycles. The number of carbonyl (C=O) groups excluding carboxylic acids is 1. The largest absolute Gasteiger partial charge is 0.489 e. The normalized spacial score (nSPS) is 15.8. The van der Waals surface area contributed by atoms with Crippen molar-refractivity contribution in [1.29, 1.82) is 0 Å². The molecule has 0 atom stereocenters. The number of benzene rings is 1. The highest BCUT2D eigenvalue weighted by molar-refractivity contribution is 7.93. The number of H-pyrrole nitrogens is 1. The third kappa shape index (κ3) is 4.73. The number of methoxy groups -OCH3 is 1. The van der Waals surface area contributed by atoms with E-state index in [1.54, 1.807) is 13.2 Å². The number of aromatic amines is 1. The molecule has 10 heteroatoms. The van der Waals surface area contributed by atoms with E-state index in [-0.39, 0.29) is 28.4 Å². The average molecular weight is 442 g/mol. The molecule has 0 aliphatic carbocycles. The van der Waals surface area contributed by atoms with Gasteiger partial charge in [-0.15, -0.1) is 0 Å². The smallest absolute Gasteiger partial charge is 0.277 e. The van der Waals surface area contributed by atoms with Crippen molar-refractivity contribution in [2.75, 3.05) is 31.8 Å². The molecule has 8 nitrogen and oxygen atoms in total. The summed E-state index contributed by atoms with van der Waals surface area (Å²) in [5, 5.41) is 2.70. The molecular weight excluding hydrogens is 418 g/mol. The molecule has 0 spiro atoms. The molecule has 0 radical (unpaired) electrons. The molecule has 1 aromatic heterocycles. The lowest BCUT2D eigenvalue weighted by atomic mass is 10.1. The zero-order valence-electron chi connectivity index (χ0n) is 16.4. The van der Waals surface area contributed by atoms with Crippen LogP contribution in [-0.2, 0) is 21.5 Å². The van der Waals surface area contributed by atoms with Crippen molar-refractivity contribution in [1.82, 2.24) is 9.78 Å². The summed E-state index contributed by atoms with van der Waals surface area (Å²) in [6.45, 7) is 0.606. The van der Waals surface area contributed by atoms with Gasteiger partial charge in [0.05, 0.1) is 21.4 Å². The van der Waals surface area contributed by atoms with Crippen molar-refractivity contribution in [2.24, 2.45) is 11.4 Å². The molecule has 1 aliphatic rings. The number of nitrogens with zero attached hydrogens (tertiary/aromatic N) is 2. The van der Waals surface area contributed by atoms with Crippen LogP contribution in [0.1, 0.15) is 35.2 Å². The standard InChI is InChI=1S/C19H24ClN3O5S/c1-23-19(25)14(12-21-23)18(24)13-6-7-15(28-9-8-27-2)17(16(13)20)22-29(26)10-4-3-5-11-29/h6-7,12,21H,3-5,8-11H2,1-2H3. The van der Waals surface area contributed by atoms with Crippen molar-refractivity contribution in [2.45, 2.75) is 19.3 Å². The van der Waals surface area contributed by atoms with Gasteiger partial charge >= 0.3 is 0 Å². The summed E-state index contributed by atoms with van der Waals surface area (Å²) in [5.41, 5.74) is -0.189. The minimum Gasteiger partial charge on any atom is -0.489 e. The fraction of sp³-hybridized carbons (Fsp3) is 0.474. The van der Waals surface area contributed by atoms with Gasteiger partial charge in [0.15, 0.2) is 0 Å². The van der Waals surface area contributed by atoms with Crippen LogP contribution in [0, 0.1) is 0 Å². The highest BCUT2D eigenvalue weighted by atomic mass is 35.5. The minimum atomic E-state index is -2.48. The van der Waals surface area contributed by atoms with Gasteiger partial charge in [-0.05, 0) is 25.0 Å². The first kappa shape index (κ1) is 21.6. The summed E-state index contributed by atoms with van der Waals surface area (Å²) in [6.07, 6.45) is 4.02. The predicted molar refractivity (Wildman–Crippen MR) is 112 cm³/mol. The van der Waals surface area contributed by atoms with Gasteiger partial charge in [-0.3, -0.25) is 14.3 Å². The molecule has 0 saturated carbocycles. The van der Waals surface area contributed by atoms with E-state index < -0.39 is 21.1 Å². The lowest BCUT2D eigenvalue weighted by Crippen LogP contribution is -2.19. The van der Waals surface area contributed by atoms with Gasteiger partial charge in [0.1, 0.15) is 23.6 Å². The monoisotopic (exact) mass is 441 g/mol. The van der Waals surface area contributed by atoms with E-state index in [4.69, 9.17) is 21.1 Å². The first-order valence-corrected chi connectivity index (χ1v) is 11.6. The maximum Gasteiger partial charge on any atom is 0.277 e. The molecule has 1 fully saturated rings. The summed E-state index contributed by atoms with van der Waals surface area (Å²) >= 11 is 6.54. The second-order valence-corrected chi connectivity index (χ2v) is 9.75. The summed E-state index contributed by atoms with van der Waals surface area (Å²) in [7, 11) is 0.587. The molecule has 158 valence electrons. The van der Waals surface area contributed by atoms with Crippen molar-refractivity contribution in [3.05, 3.63) is 44.8 Å². The zero-order valence-corrected chi connectivity index (χ0v) is 18.0. The van der Waals surface area contributed by atoms with E-state index in [2.05, 4.69) is 9.46 Å². The predicted octanol–water partition coefficient (Wildman–Crippen LogP) is 2.91.